The summed E-state index contributed by atoms with van der Waals surface area (Å²) in [4.78, 5) is 18.8. The van der Waals surface area contributed by atoms with Crippen molar-refractivity contribution in [1.82, 2.24) is 24.5 Å². The summed E-state index contributed by atoms with van der Waals surface area (Å²) in [5, 5.41) is 25.8. The second kappa shape index (κ2) is 14.3. The number of carbonyl (C=O) groups is 1. The van der Waals surface area contributed by atoms with Crippen LogP contribution in [-0.2, 0) is 35.2 Å². The number of piperidine rings is 1. The highest BCUT2D eigenvalue weighted by molar-refractivity contribution is 7.99. The molecular formula is C30H42F3N5O4S. The number of benzene rings is 1. The number of hydrogen-bond donors (Lipinski definition) is 2. The number of alkyl halides is 3. The summed E-state index contributed by atoms with van der Waals surface area (Å²) in [7, 11) is 0. The zero-order valence-corrected chi connectivity index (χ0v) is 25.5. The van der Waals surface area contributed by atoms with Crippen molar-refractivity contribution < 1.29 is 32.9 Å². The Balaban J connectivity index is 1.43. The summed E-state index contributed by atoms with van der Waals surface area (Å²) < 4.78 is 49.2. The number of likely N-dealkylation sites (tertiary alicyclic amines) is 1. The van der Waals surface area contributed by atoms with Crippen LogP contribution in [0.2, 0.25) is 0 Å². The molecule has 4 heterocycles. The maximum Gasteiger partial charge on any atom is 0.417 e. The van der Waals surface area contributed by atoms with E-state index in [0.717, 1.165) is 56.3 Å². The topological polar surface area (TPSA) is 94.3 Å². The lowest BCUT2D eigenvalue weighted by Gasteiger charge is -2.30. The largest absolute Gasteiger partial charge is 0.417 e. The molecule has 1 amide bonds. The van der Waals surface area contributed by atoms with Gasteiger partial charge in [-0.3, -0.25) is 14.4 Å². The minimum absolute atomic E-state index is 0.138. The molecule has 0 saturated carbocycles. The Kier molecular flexibility index (Phi) is 10.7. The van der Waals surface area contributed by atoms with Crippen LogP contribution in [0.4, 0.5) is 13.2 Å². The van der Waals surface area contributed by atoms with Gasteiger partial charge < -0.3 is 24.7 Å². The van der Waals surface area contributed by atoms with E-state index in [1.165, 1.54) is 31.2 Å². The summed E-state index contributed by atoms with van der Waals surface area (Å²) >= 11 is 1.18. The number of aliphatic hydroxyl groups excluding tert-OH is 2. The van der Waals surface area contributed by atoms with Crippen molar-refractivity contribution in [3.8, 4) is 11.3 Å². The molecule has 2 atom stereocenters. The third-order valence-electron chi connectivity index (χ3n) is 8.43. The Bertz CT molecular complexity index is 1250. The van der Waals surface area contributed by atoms with Crippen LogP contribution in [0.1, 0.15) is 43.0 Å². The Morgan fingerprint density at radius 1 is 1.05 bits per heavy atom. The average Bonchev–Trinajstić information content (AvgIpc) is 3.34. The number of hydrogen-bond acceptors (Lipinski definition) is 8. The normalized spacial score (nSPS) is 20.2. The molecule has 1 aromatic carbocycles. The highest BCUT2D eigenvalue weighted by atomic mass is 32.2. The number of amides is 1. The number of rotatable bonds is 10. The molecular weight excluding hydrogens is 583 g/mol. The van der Waals surface area contributed by atoms with Crippen LogP contribution in [0.25, 0.3) is 11.3 Å². The summed E-state index contributed by atoms with van der Waals surface area (Å²) in [6.07, 6.45) is -2.43. The Hall–Kier alpha value is -2.16. The van der Waals surface area contributed by atoms with Crippen LogP contribution in [-0.4, -0.2) is 118 Å². The monoisotopic (exact) mass is 625 g/mol. The molecule has 9 nitrogen and oxygen atoms in total. The van der Waals surface area contributed by atoms with E-state index >= 15 is 0 Å². The van der Waals surface area contributed by atoms with Crippen LogP contribution in [0.3, 0.4) is 0 Å². The summed E-state index contributed by atoms with van der Waals surface area (Å²) in [5.74, 6) is 0.0968. The van der Waals surface area contributed by atoms with Crippen LogP contribution in [0.5, 0.6) is 0 Å². The maximum absolute atomic E-state index is 14.0. The van der Waals surface area contributed by atoms with Gasteiger partial charge in [0.2, 0.25) is 0 Å². The lowest BCUT2D eigenvalue weighted by Crippen LogP contribution is -2.42. The first-order chi connectivity index (χ1) is 20.6. The smallest absolute Gasteiger partial charge is 0.390 e. The number of carbonyl (C=O) groups excluding carboxylic acids is 1. The zero-order valence-electron chi connectivity index (χ0n) is 24.7. The number of ether oxygens (including phenoxy) is 1. The quantitative estimate of drug-likeness (QED) is 0.390. The van der Waals surface area contributed by atoms with Gasteiger partial charge in [0.05, 0.1) is 37.1 Å². The molecule has 13 heteroatoms. The van der Waals surface area contributed by atoms with Crippen LogP contribution in [0, 0.1) is 0 Å². The van der Waals surface area contributed by atoms with E-state index in [0.29, 0.717) is 56.3 Å². The molecule has 2 N–H and O–H groups in total. The van der Waals surface area contributed by atoms with Gasteiger partial charge in [-0.15, -0.1) is 11.8 Å². The van der Waals surface area contributed by atoms with Crippen molar-refractivity contribution in [1.29, 1.82) is 0 Å². The second-order valence-corrected chi connectivity index (χ2v) is 12.8. The molecule has 0 spiro atoms. The molecule has 3 aliphatic rings. The van der Waals surface area contributed by atoms with Gasteiger partial charge in [0, 0.05) is 73.2 Å². The fourth-order valence-electron chi connectivity index (χ4n) is 6.16. The first-order valence-corrected chi connectivity index (χ1v) is 16.2. The highest BCUT2D eigenvalue weighted by Crippen LogP contribution is 2.40. The van der Waals surface area contributed by atoms with Gasteiger partial charge in [0.1, 0.15) is 6.10 Å². The number of aliphatic hydroxyl groups is 2. The number of thioether (sulfide) groups is 1. The molecule has 1 aromatic heterocycles. The fourth-order valence-corrected chi connectivity index (χ4v) is 7.28. The van der Waals surface area contributed by atoms with Crippen LogP contribution in [0.15, 0.2) is 23.1 Å². The molecule has 2 saturated heterocycles. The Morgan fingerprint density at radius 2 is 1.79 bits per heavy atom. The van der Waals surface area contributed by atoms with E-state index in [-0.39, 0.29) is 18.0 Å². The van der Waals surface area contributed by atoms with Crippen molar-refractivity contribution in [2.45, 2.75) is 69.0 Å². The summed E-state index contributed by atoms with van der Waals surface area (Å²) in [6, 6.07) is 4.12. The first-order valence-electron chi connectivity index (χ1n) is 15.2. The standard InChI is InChI=1S/C30H42F3N5O4S/c1-21(39)29(41)37-10-7-26-24(20-37)28(34-38(26)19-23(40)18-36-8-3-2-4-9-36)22-5-6-25(30(31,32)33)27(17-22)43-16-13-35-11-14-42-15-12-35/h5-6,17,21,23,39-40H,2-4,7-16,18-20H2,1H3/t21-,23?/m0/s1. The van der Waals surface area contributed by atoms with Crippen molar-refractivity contribution in [2.75, 3.05) is 64.8 Å². The predicted molar refractivity (Wildman–Crippen MR) is 158 cm³/mol. The molecule has 5 rings (SSSR count). The van der Waals surface area contributed by atoms with E-state index in [1.807, 2.05) is 0 Å². The van der Waals surface area contributed by atoms with Crippen molar-refractivity contribution >= 4 is 17.7 Å². The zero-order chi connectivity index (χ0) is 30.6. The van der Waals surface area contributed by atoms with E-state index in [1.54, 1.807) is 15.6 Å². The predicted octanol–water partition coefficient (Wildman–Crippen LogP) is 3.11. The number of nitrogens with zero attached hydrogens (tertiary/aromatic N) is 5. The number of halogens is 3. The van der Waals surface area contributed by atoms with E-state index < -0.39 is 29.9 Å². The lowest BCUT2D eigenvalue weighted by molar-refractivity contribution is -0.140. The molecule has 3 aliphatic heterocycles. The maximum atomic E-state index is 14.0. The van der Waals surface area contributed by atoms with Gasteiger partial charge in [-0.25, -0.2) is 0 Å². The summed E-state index contributed by atoms with van der Waals surface area (Å²) in [5.41, 5.74) is 1.97. The van der Waals surface area contributed by atoms with Crippen LogP contribution < -0.4 is 0 Å². The van der Waals surface area contributed by atoms with E-state index in [4.69, 9.17) is 9.84 Å². The number of β-amino-alcohol motifs (C(OH)–C–C–N with tert-alkyl or cyclic N) is 1. The molecule has 2 aromatic rings. The number of morpholine rings is 1. The van der Waals surface area contributed by atoms with Gasteiger partial charge in [-0.05, 0) is 45.0 Å². The van der Waals surface area contributed by atoms with Crippen molar-refractivity contribution in [3.05, 3.63) is 35.0 Å². The summed E-state index contributed by atoms with van der Waals surface area (Å²) in [6.45, 7) is 8.14. The van der Waals surface area contributed by atoms with Crippen molar-refractivity contribution in [2.24, 2.45) is 0 Å². The lowest BCUT2D eigenvalue weighted by atomic mass is 9.99. The third-order valence-corrected chi connectivity index (χ3v) is 9.47. The van der Waals surface area contributed by atoms with Gasteiger partial charge >= 0.3 is 6.18 Å². The number of aromatic nitrogens is 2. The van der Waals surface area contributed by atoms with Gasteiger partial charge in [0.15, 0.2) is 0 Å². The Morgan fingerprint density at radius 3 is 2.49 bits per heavy atom. The van der Waals surface area contributed by atoms with Gasteiger partial charge in [-0.1, -0.05) is 12.5 Å². The Labute approximate surface area is 255 Å². The molecule has 0 aliphatic carbocycles. The molecule has 43 heavy (non-hydrogen) atoms. The van der Waals surface area contributed by atoms with E-state index in [2.05, 4.69) is 9.80 Å². The number of fused-ring (bicyclic) bond motifs is 1. The van der Waals surface area contributed by atoms with Crippen LogP contribution >= 0.6 is 11.8 Å². The van der Waals surface area contributed by atoms with Gasteiger partial charge in [0.25, 0.3) is 5.91 Å². The molecule has 0 bridgehead atoms. The van der Waals surface area contributed by atoms with Gasteiger partial charge in [-0.2, -0.15) is 18.3 Å². The molecule has 238 valence electrons. The average molecular weight is 626 g/mol. The minimum atomic E-state index is -4.50. The second-order valence-electron chi connectivity index (χ2n) is 11.7. The molecule has 2 fully saturated rings. The van der Waals surface area contributed by atoms with E-state index in [9.17, 15) is 28.2 Å². The van der Waals surface area contributed by atoms with Crippen molar-refractivity contribution in [3.63, 3.8) is 0 Å². The SMILES string of the molecule is C[C@H](O)C(=O)N1CCc2c(c(-c3ccc(C(F)(F)F)c(SCCN4CCOCC4)c3)nn2CC(O)CN2CCCCC2)C1. The third kappa shape index (κ3) is 8.12. The first kappa shape index (κ1) is 32.2. The minimum Gasteiger partial charge on any atom is -0.390 e. The highest BCUT2D eigenvalue weighted by Gasteiger charge is 2.35. The fraction of sp³-hybridized carbons (Fsp3) is 0.667. The molecule has 1 unspecified atom stereocenters. The molecule has 0 radical (unpaired) electrons.